The zero-order valence-corrected chi connectivity index (χ0v) is 13.6. The molecular weight excluding hydrogens is 302 g/mol. The lowest BCUT2D eigenvalue weighted by Gasteiger charge is -2.35. The minimum absolute atomic E-state index is 0.0342. The van der Waals surface area contributed by atoms with Crippen LogP contribution in [0.3, 0.4) is 0 Å². The fraction of sp³-hybridized carbons (Fsp3) is 0.316. The first-order chi connectivity index (χ1) is 11.3. The highest BCUT2D eigenvalue weighted by Crippen LogP contribution is 2.46. The smallest absolute Gasteiger partial charge is 0.228 e. The summed E-state index contributed by atoms with van der Waals surface area (Å²) in [5.41, 5.74) is 2.10. The number of rotatable bonds is 2. The molecule has 5 heteroatoms. The average molecular weight is 317 g/mol. The molecule has 0 spiro atoms. The molecule has 1 aromatic carbocycles. The molecule has 1 aliphatic heterocycles. The van der Waals surface area contributed by atoms with Crippen LogP contribution in [0.15, 0.2) is 40.4 Å². The van der Waals surface area contributed by atoms with Crippen LogP contribution in [0.2, 0.25) is 0 Å². The van der Waals surface area contributed by atoms with Gasteiger partial charge in [0.2, 0.25) is 11.6 Å². The molecule has 2 atom stereocenters. The van der Waals surface area contributed by atoms with Gasteiger partial charge >= 0.3 is 0 Å². The SMILES string of the molecule is CC(C1=Nc2ccccc2C1(C)C)C1C(=O)C(=O)C1=C(C#N)C#N. The summed E-state index contributed by atoms with van der Waals surface area (Å²) < 4.78 is 0. The standard InChI is InChI=1S/C19H15N3O2/c1-10(14-15(11(8-20)9-21)17(24)16(14)23)18-19(2,3)12-6-4-5-7-13(12)22-18/h4-7,10,14H,1-3H3. The molecule has 1 aliphatic carbocycles. The van der Waals surface area contributed by atoms with Crippen LogP contribution >= 0.6 is 0 Å². The summed E-state index contributed by atoms with van der Waals surface area (Å²) >= 11 is 0. The molecule has 1 fully saturated rings. The van der Waals surface area contributed by atoms with Crippen molar-refractivity contribution in [3.8, 4) is 12.1 Å². The summed E-state index contributed by atoms with van der Waals surface area (Å²) in [4.78, 5) is 28.7. The van der Waals surface area contributed by atoms with Crippen LogP contribution in [0, 0.1) is 34.5 Å². The van der Waals surface area contributed by atoms with Crippen molar-refractivity contribution in [1.29, 1.82) is 10.5 Å². The van der Waals surface area contributed by atoms with Crippen molar-refractivity contribution >= 4 is 23.0 Å². The molecule has 1 heterocycles. The van der Waals surface area contributed by atoms with Crippen molar-refractivity contribution in [2.75, 3.05) is 0 Å². The predicted molar refractivity (Wildman–Crippen MR) is 87.5 cm³/mol. The van der Waals surface area contributed by atoms with Crippen LogP contribution in [-0.4, -0.2) is 17.3 Å². The molecule has 5 nitrogen and oxygen atoms in total. The summed E-state index contributed by atoms with van der Waals surface area (Å²) in [6.45, 7) is 5.88. The van der Waals surface area contributed by atoms with Crippen molar-refractivity contribution in [2.24, 2.45) is 16.8 Å². The van der Waals surface area contributed by atoms with Gasteiger partial charge < -0.3 is 0 Å². The zero-order valence-electron chi connectivity index (χ0n) is 13.6. The number of hydrogen-bond acceptors (Lipinski definition) is 5. The van der Waals surface area contributed by atoms with Gasteiger partial charge in [0.15, 0.2) is 0 Å². The van der Waals surface area contributed by atoms with E-state index in [4.69, 9.17) is 10.5 Å². The summed E-state index contributed by atoms with van der Waals surface area (Å²) in [6, 6.07) is 11.2. The van der Waals surface area contributed by atoms with Crippen molar-refractivity contribution in [3.63, 3.8) is 0 Å². The minimum atomic E-state index is -0.765. The van der Waals surface area contributed by atoms with Crippen molar-refractivity contribution in [1.82, 2.24) is 0 Å². The number of fused-ring (bicyclic) bond motifs is 1. The molecule has 0 bridgehead atoms. The number of Topliss-reactive ketones (excluding diaryl/α,β-unsaturated/α-hetero) is 2. The number of para-hydroxylation sites is 1. The van der Waals surface area contributed by atoms with Gasteiger partial charge in [-0.15, -0.1) is 0 Å². The predicted octanol–water partition coefficient (Wildman–Crippen LogP) is 2.80. The first kappa shape index (κ1) is 15.8. The second-order valence-electron chi connectivity index (χ2n) is 6.61. The van der Waals surface area contributed by atoms with Gasteiger partial charge in [-0.3, -0.25) is 14.6 Å². The van der Waals surface area contributed by atoms with Gasteiger partial charge in [-0.1, -0.05) is 39.0 Å². The van der Waals surface area contributed by atoms with E-state index >= 15 is 0 Å². The number of nitriles is 2. The van der Waals surface area contributed by atoms with E-state index in [-0.39, 0.29) is 22.5 Å². The Morgan fingerprint density at radius 1 is 1.21 bits per heavy atom. The fourth-order valence-electron chi connectivity index (χ4n) is 3.70. The molecular formula is C19H15N3O2. The topological polar surface area (TPSA) is 94.1 Å². The molecule has 0 aromatic heterocycles. The van der Waals surface area contributed by atoms with Gasteiger partial charge in [-0.25, -0.2) is 0 Å². The number of aliphatic imine (C=N–C) groups is 1. The quantitative estimate of drug-likeness (QED) is 0.476. The van der Waals surface area contributed by atoms with E-state index in [2.05, 4.69) is 4.99 Å². The highest BCUT2D eigenvalue weighted by molar-refractivity contribution is 6.54. The maximum Gasteiger partial charge on any atom is 0.228 e. The molecule has 24 heavy (non-hydrogen) atoms. The lowest BCUT2D eigenvalue weighted by molar-refractivity contribution is -0.142. The summed E-state index contributed by atoms with van der Waals surface area (Å²) in [6.07, 6.45) is 0. The van der Waals surface area contributed by atoms with E-state index < -0.39 is 17.5 Å². The van der Waals surface area contributed by atoms with Gasteiger partial charge in [0.05, 0.1) is 11.6 Å². The monoisotopic (exact) mass is 317 g/mol. The molecule has 1 saturated carbocycles. The summed E-state index contributed by atoms with van der Waals surface area (Å²) in [7, 11) is 0. The molecule has 0 amide bonds. The van der Waals surface area contributed by atoms with Gasteiger partial charge in [0.25, 0.3) is 0 Å². The molecule has 2 unspecified atom stereocenters. The third-order valence-corrected chi connectivity index (χ3v) is 4.94. The Morgan fingerprint density at radius 3 is 2.42 bits per heavy atom. The largest absolute Gasteiger partial charge is 0.290 e. The van der Waals surface area contributed by atoms with Crippen molar-refractivity contribution in [2.45, 2.75) is 26.2 Å². The van der Waals surface area contributed by atoms with E-state index in [0.717, 1.165) is 17.0 Å². The number of carbonyl (C=O) groups is 2. The van der Waals surface area contributed by atoms with Gasteiger partial charge in [0, 0.05) is 22.6 Å². The summed E-state index contributed by atoms with van der Waals surface area (Å²) in [5.74, 6) is -2.39. The lowest BCUT2D eigenvalue weighted by atomic mass is 9.63. The van der Waals surface area contributed by atoms with Gasteiger partial charge in [-0.05, 0) is 11.6 Å². The number of allylic oxidation sites excluding steroid dienone is 2. The van der Waals surface area contributed by atoms with E-state index in [1.807, 2.05) is 45.0 Å². The van der Waals surface area contributed by atoms with Crippen LogP contribution in [0.4, 0.5) is 5.69 Å². The van der Waals surface area contributed by atoms with E-state index in [1.165, 1.54) is 0 Å². The second kappa shape index (κ2) is 5.25. The number of benzene rings is 1. The Balaban J connectivity index is 2.06. The number of nitrogens with zero attached hydrogens (tertiary/aromatic N) is 3. The normalized spacial score (nSPS) is 22.0. The number of ketones is 2. The third kappa shape index (κ3) is 1.95. The highest BCUT2D eigenvalue weighted by Gasteiger charge is 2.52. The Bertz CT molecular complexity index is 907. The van der Waals surface area contributed by atoms with Crippen molar-refractivity contribution in [3.05, 3.63) is 41.0 Å². The Kier molecular flexibility index (Phi) is 3.46. The molecule has 118 valence electrons. The maximum atomic E-state index is 12.1. The Morgan fingerprint density at radius 2 is 1.83 bits per heavy atom. The van der Waals surface area contributed by atoms with Crippen molar-refractivity contribution < 1.29 is 9.59 Å². The molecule has 0 radical (unpaired) electrons. The fourth-order valence-corrected chi connectivity index (χ4v) is 3.70. The first-order valence-corrected chi connectivity index (χ1v) is 7.66. The van der Waals surface area contributed by atoms with Crippen LogP contribution in [-0.2, 0) is 15.0 Å². The third-order valence-electron chi connectivity index (χ3n) is 4.94. The van der Waals surface area contributed by atoms with Gasteiger partial charge in [-0.2, -0.15) is 10.5 Å². The number of carbonyl (C=O) groups excluding carboxylic acids is 2. The highest BCUT2D eigenvalue weighted by atomic mass is 16.2. The van der Waals surface area contributed by atoms with Crippen LogP contribution in [0.5, 0.6) is 0 Å². The zero-order chi connectivity index (χ0) is 17.6. The Labute approximate surface area is 139 Å². The van der Waals surface area contributed by atoms with E-state index in [9.17, 15) is 9.59 Å². The van der Waals surface area contributed by atoms with Crippen LogP contribution in [0.25, 0.3) is 0 Å². The molecule has 3 rings (SSSR count). The van der Waals surface area contributed by atoms with E-state index in [0.29, 0.717) is 0 Å². The van der Waals surface area contributed by atoms with Gasteiger partial charge in [0.1, 0.15) is 17.7 Å². The maximum absolute atomic E-state index is 12.1. The van der Waals surface area contributed by atoms with Crippen LogP contribution in [0.1, 0.15) is 26.3 Å². The molecule has 1 aromatic rings. The van der Waals surface area contributed by atoms with E-state index in [1.54, 1.807) is 12.1 Å². The number of hydrogen-bond donors (Lipinski definition) is 0. The molecule has 0 N–H and O–H groups in total. The minimum Gasteiger partial charge on any atom is -0.290 e. The average Bonchev–Trinajstić information content (AvgIpc) is 2.85. The summed E-state index contributed by atoms with van der Waals surface area (Å²) in [5, 5.41) is 18.1. The van der Waals surface area contributed by atoms with Crippen LogP contribution < -0.4 is 0 Å². The molecule has 2 aliphatic rings. The first-order valence-electron chi connectivity index (χ1n) is 7.66. The molecule has 0 saturated heterocycles. The Hall–Kier alpha value is -3.05. The second-order valence-corrected chi connectivity index (χ2v) is 6.61. The lowest BCUT2D eigenvalue weighted by Crippen LogP contribution is -2.49.